The van der Waals surface area contributed by atoms with Crippen molar-refractivity contribution in [3.8, 4) is 0 Å². The summed E-state index contributed by atoms with van der Waals surface area (Å²) in [7, 11) is 0. The molecule has 2 nitrogen and oxygen atoms in total. The minimum atomic E-state index is -4.23. The summed E-state index contributed by atoms with van der Waals surface area (Å²) >= 11 is 0. The standard InChI is InChI=1S/C8H9F3N2.ClH/c9-8(10,11)7-2-1-6-5-12-3-4-13(6)7;/h1-2,12H,3-5H2;1H. The molecule has 0 aliphatic carbocycles. The van der Waals surface area contributed by atoms with Gasteiger partial charge in [-0.15, -0.1) is 12.4 Å². The van der Waals surface area contributed by atoms with Gasteiger partial charge in [0.1, 0.15) is 5.69 Å². The van der Waals surface area contributed by atoms with E-state index < -0.39 is 11.9 Å². The summed E-state index contributed by atoms with van der Waals surface area (Å²) in [4.78, 5) is 0. The largest absolute Gasteiger partial charge is 0.431 e. The van der Waals surface area contributed by atoms with Crippen molar-refractivity contribution < 1.29 is 13.2 Å². The van der Waals surface area contributed by atoms with E-state index in [9.17, 15) is 13.2 Å². The maximum atomic E-state index is 12.4. The van der Waals surface area contributed by atoms with Gasteiger partial charge in [-0.25, -0.2) is 0 Å². The first kappa shape index (κ1) is 11.4. The summed E-state index contributed by atoms with van der Waals surface area (Å²) < 4.78 is 38.4. The first-order chi connectivity index (χ1) is 6.09. The van der Waals surface area contributed by atoms with Crippen LogP contribution in [0.4, 0.5) is 13.2 Å². The molecule has 0 aromatic carbocycles. The lowest BCUT2D eigenvalue weighted by atomic mass is 10.3. The number of halogens is 4. The predicted octanol–water partition coefficient (Wildman–Crippen LogP) is 2.03. The molecule has 2 rings (SSSR count). The van der Waals surface area contributed by atoms with E-state index in [1.165, 1.54) is 10.6 Å². The van der Waals surface area contributed by atoms with Gasteiger partial charge in [-0.05, 0) is 12.1 Å². The van der Waals surface area contributed by atoms with Crippen molar-refractivity contribution in [3.63, 3.8) is 0 Å². The molecule has 0 atom stereocenters. The average molecular weight is 227 g/mol. The fourth-order valence-electron chi connectivity index (χ4n) is 1.58. The minimum Gasteiger partial charge on any atom is -0.339 e. The molecule has 1 aromatic heterocycles. The van der Waals surface area contributed by atoms with Crippen molar-refractivity contribution in [2.45, 2.75) is 19.3 Å². The van der Waals surface area contributed by atoms with Crippen LogP contribution in [0.3, 0.4) is 0 Å². The molecule has 14 heavy (non-hydrogen) atoms. The molecule has 0 bridgehead atoms. The van der Waals surface area contributed by atoms with Crippen LogP contribution in [0.15, 0.2) is 12.1 Å². The van der Waals surface area contributed by atoms with Gasteiger partial charge in [-0.2, -0.15) is 13.2 Å². The van der Waals surface area contributed by atoms with Crippen LogP contribution in [0.1, 0.15) is 11.4 Å². The molecule has 0 fully saturated rings. The molecule has 80 valence electrons. The molecule has 1 N–H and O–H groups in total. The Kier molecular flexibility index (Phi) is 3.11. The Morgan fingerprint density at radius 2 is 2.00 bits per heavy atom. The molecule has 0 saturated heterocycles. The Hall–Kier alpha value is -0.680. The maximum absolute atomic E-state index is 12.4. The van der Waals surface area contributed by atoms with Crippen LogP contribution < -0.4 is 5.32 Å². The van der Waals surface area contributed by atoms with Gasteiger partial charge in [0.2, 0.25) is 0 Å². The number of nitrogens with zero attached hydrogens (tertiary/aromatic N) is 1. The zero-order chi connectivity index (χ0) is 9.47. The number of nitrogens with one attached hydrogen (secondary N) is 1. The first-order valence-electron chi connectivity index (χ1n) is 4.05. The number of hydrogen-bond acceptors (Lipinski definition) is 1. The summed E-state index contributed by atoms with van der Waals surface area (Å²) in [6.45, 7) is 1.53. The van der Waals surface area contributed by atoms with E-state index in [2.05, 4.69) is 5.32 Å². The van der Waals surface area contributed by atoms with E-state index in [1.54, 1.807) is 0 Å². The lowest BCUT2D eigenvalue weighted by molar-refractivity contribution is -0.143. The van der Waals surface area contributed by atoms with Crippen LogP contribution in [0.25, 0.3) is 0 Å². The molecule has 0 saturated carbocycles. The summed E-state index contributed by atoms with van der Waals surface area (Å²) in [6, 6.07) is 2.66. The highest BCUT2D eigenvalue weighted by molar-refractivity contribution is 5.85. The molecule has 0 unspecified atom stereocenters. The Balaban J connectivity index is 0.000000980. The maximum Gasteiger partial charge on any atom is 0.431 e. The zero-order valence-electron chi connectivity index (χ0n) is 7.27. The predicted molar refractivity (Wildman–Crippen MR) is 48.4 cm³/mol. The van der Waals surface area contributed by atoms with Gasteiger partial charge in [-0.3, -0.25) is 0 Å². The zero-order valence-corrected chi connectivity index (χ0v) is 8.08. The van der Waals surface area contributed by atoms with E-state index in [4.69, 9.17) is 0 Å². The van der Waals surface area contributed by atoms with Gasteiger partial charge in [0.25, 0.3) is 0 Å². The van der Waals surface area contributed by atoms with Crippen molar-refractivity contribution in [1.29, 1.82) is 0 Å². The Morgan fingerprint density at radius 1 is 1.29 bits per heavy atom. The molecule has 6 heteroatoms. The Morgan fingerprint density at radius 3 is 2.64 bits per heavy atom. The highest BCUT2D eigenvalue weighted by Crippen LogP contribution is 2.31. The second-order valence-electron chi connectivity index (χ2n) is 3.04. The summed E-state index contributed by atoms with van der Waals surface area (Å²) in [6.07, 6.45) is -4.23. The van der Waals surface area contributed by atoms with Crippen LogP contribution in [-0.2, 0) is 19.3 Å². The number of alkyl halides is 3. The quantitative estimate of drug-likeness (QED) is 0.716. The molecule has 1 aliphatic heterocycles. The Bertz CT molecular complexity index is 319. The number of hydrogen-bond donors (Lipinski definition) is 1. The molecular formula is C8H10ClF3N2. The van der Waals surface area contributed by atoms with Gasteiger partial charge in [0.05, 0.1) is 0 Å². The van der Waals surface area contributed by atoms with Gasteiger partial charge in [-0.1, -0.05) is 0 Å². The van der Waals surface area contributed by atoms with Crippen molar-refractivity contribution in [1.82, 2.24) is 9.88 Å². The van der Waals surface area contributed by atoms with E-state index in [0.717, 1.165) is 6.07 Å². The first-order valence-corrected chi connectivity index (χ1v) is 4.05. The normalized spacial score (nSPS) is 15.9. The van der Waals surface area contributed by atoms with Crippen molar-refractivity contribution >= 4 is 12.4 Å². The SMILES string of the molecule is Cl.FC(F)(F)c1ccc2n1CCNC2. The lowest BCUT2D eigenvalue weighted by Crippen LogP contribution is -2.30. The monoisotopic (exact) mass is 226 g/mol. The second-order valence-corrected chi connectivity index (χ2v) is 3.04. The fraction of sp³-hybridized carbons (Fsp3) is 0.500. The van der Waals surface area contributed by atoms with Crippen molar-refractivity contribution in [2.75, 3.05) is 6.54 Å². The van der Waals surface area contributed by atoms with Crippen LogP contribution >= 0.6 is 12.4 Å². The summed E-state index contributed by atoms with van der Waals surface area (Å²) in [5.41, 5.74) is 0.169. The van der Waals surface area contributed by atoms with Crippen molar-refractivity contribution in [3.05, 3.63) is 23.5 Å². The van der Waals surface area contributed by atoms with Crippen LogP contribution in [0.5, 0.6) is 0 Å². The molecule has 1 aliphatic rings. The third-order valence-corrected chi connectivity index (χ3v) is 2.18. The molecular weight excluding hydrogens is 217 g/mol. The van der Waals surface area contributed by atoms with Gasteiger partial charge >= 0.3 is 6.18 Å². The third-order valence-electron chi connectivity index (χ3n) is 2.18. The highest BCUT2D eigenvalue weighted by Gasteiger charge is 2.35. The molecule has 0 amide bonds. The minimum absolute atomic E-state index is 0. The fourth-order valence-corrected chi connectivity index (χ4v) is 1.58. The van der Waals surface area contributed by atoms with Gasteiger partial charge in [0.15, 0.2) is 0 Å². The van der Waals surface area contributed by atoms with E-state index in [-0.39, 0.29) is 12.4 Å². The average Bonchev–Trinajstić information content (AvgIpc) is 2.45. The molecule has 0 spiro atoms. The highest BCUT2D eigenvalue weighted by atomic mass is 35.5. The van der Waals surface area contributed by atoms with Gasteiger partial charge in [0, 0.05) is 25.3 Å². The second kappa shape index (κ2) is 3.82. The summed E-state index contributed by atoms with van der Waals surface area (Å²) in [5.74, 6) is 0. The van der Waals surface area contributed by atoms with E-state index in [1.807, 2.05) is 0 Å². The lowest BCUT2D eigenvalue weighted by Gasteiger charge is -2.19. The summed E-state index contributed by atoms with van der Waals surface area (Å²) in [5, 5.41) is 3.02. The molecule has 0 radical (unpaired) electrons. The third kappa shape index (κ3) is 1.88. The van der Waals surface area contributed by atoms with Crippen molar-refractivity contribution in [2.24, 2.45) is 0 Å². The van der Waals surface area contributed by atoms with E-state index >= 15 is 0 Å². The molecule has 1 aromatic rings. The topological polar surface area (TPSA) is 17.0 Å². The molecule has 2 heterocycles. The number of fused-ring (bicyclic) bond motifs is 1. The van der Waals surface area contributed by atoms with Gasteiger partial charge < -0.3 is 9.88 Å². The number of rotatable bonds is 0. The van der Waals surface area contributed by atoms with Crippen LogP contribution in [0, 0.1) is 0 Å². The van der Waals surface area contributed by atoms with Crippen LogP contribution in [0.2, 0.25) is 0 Å². The van der Waals surface area contributed by atoms with E-state index in [0.29, 0.717) is 25.3 Å². The Labute approximate surface area is 85.5 Å². The van der Waals surface area contributed by atoms with Crippen LogP contribution in [-0.4, -0.2) is 11.1 Å². The number of aromatic nitrogens is 1. The smallest absolute Gasteiger partial charge is 0.339 e.